The quantitative estimate of drug-likeness (QED) is 0.865. The van der Waals surface area contributed by atoms with Crippen molar-refractivity contribution in [3.05, 3.63) is 30.1 Å². The number of hydrogen-bond acceptors (Lipinski definition) is 5. The molecule has 7 heteroatoms. The Labute approximate surface area is 135 Å². The summed E-state index contributed by atoms with van der Waals surface area (Å²) in [5, 5.41) is 8.64. The Morgan fingerprint density at radius 3 is 2.43 bits per heavy atom. The molecule has 1 saturated heterocycles. The highest BCUT2D eigenvalue weighted by Crippen LogP contribution is 2.26. The van der Waals surface area contributed by atoms with E-state index in [9.17, 15) is 4.39 Å². The van der Waals surface area contributed by atoms with Crippen LogP contribution in [0.1, 0.15) is 12.8 Å². The summed E-state index contributed by atoms with van der Waals surface area (Å²) in [7, 11) is 5.61. The largest absolute Gasteiger partial charge is 0.381 e. The molecular formula is C16H22FN5O. The summed E-state index contributed by atoms with van der Waals surface area (Å²) in [4.78, 5) is 4.13. The number of ether oxygens (including phenoxy) is 1. The first kappa shape index (κ1) is 15.7. The number of anilines is 3. The maximum Gasteiger partial charge on any atom is 0.232 e. The topological polar surface area (TPSA) is 46.4 Å². The molecular weight excluding hydrogens is 297 g/mol. The summed E-state index contributed by atoms with van der Waals surface area (Å²) in [5.41, 5.74) is 0.867. The van der Waals surface area contributed by atoms with Gasteiger partial charge in [0.05, 0.1) is 6.10 Å². The first-order valence-electron chi connectivity index (χ1n) is 7.76. The van der Waals surface area contributed by atoms with Gasteiger partial charge in [-0.1, -0.05) is 0 Å². The van der Waals surface area contributed by atoms with Crippen molar-refractivity contribution in [1.29, 1.82) is 0 Å². The van der Waals surface area contributed by atoms with Crippen molar-refractivity contribution >= 4 is 17.6 Å². The molecule has 0 radical (unpaired) electrons. The first-order valence-corrected chi connectivity index (χ1v) is 7.76. The number of aromatic nitrogens is 3. The molecule has 1 aliphatic rings. The van der Waals surface area contributed by atoms with Gasteiger partial charge in [0.25, 0.3) is 0 Å². The van der Waals surface area contributed by atoms with Crippen LogP contribution < -0.4 is 9.80 Å². The third-order valence-corrected chi connectivity index (χ3v) is 4.40. The van der Waals surface area contributed by atoms with Gasteiger partial charge < -0.3 is 14.5 Å². The molecule has 0 unspecified atom stereocenters. The van der Waals surface area contributed by atoms with Gasteiger partial charge in [0.1, 0.15) is 5.82 Å². The number of nitrogens with zero attached hydrogens (tertiary/aromatic N) is 5. The number of halogens is 1. The van der Waals surface area contributed by atoms with E-state index in [-0.39, 0.29) is 5.82 Å². The van der Waals surface area contributed by atoms with E-state index >= 15 is 0 Å². The van der Waals surface area contributed by atoms with Crippen molar-refractivity contribution in [2.45, 2.75) is 18.9 Å². The molecule has 1 fully saturated rings. The van der Waals surface area contributed by atoms with Gasteiger partial charge in [-0.3, -0.25) is 4.57 Å². The van der Waals surface area contributed by atoms with Crippen LogP contribution in [0.3, 0.4) is 0 Å². The van der Waals surface area contributed by atoms with E-state index in [4.69, 9.17) is 4.74 Å². The zero-order chi connectivity index (χ0) is 16.4. The van der Waals surface area contributed by atoms with Crippen molar-refractivity contribution in [1.82, 2.24) is 14.8 Å². The van der Waals surface area contributed by atoms with Crippen molar-refractivity contribution < 1.29 is 9.13 Å². The lowest BCUT2D eigenvalue weighted by atomic mass is 10.1. The highest BCUT2D eigenvalue weighted by molar-refractivity contribution is 5.57. The molecule has 23 heavy (non-hydrogen) atoms. The summed E-state index contributed by atoms with van der Waals surface area (Å²) in [6.07, 6.45) is 2.32. The number of methoxy groups -OCH3 is 1. The molecule has 124 valence electrons. The molecule has 0 amide bonds. The van der Waals surface area contributed by atoms with Gasteiger partial charge in [-0.05, 0) is 37.1 Å². The fourth-order valence-electron chi connectivity index (χ4n) is 2.95. The van der Waals surface area contributed by atoms with Crippen molar-refractivity contribution in [2.75, 3.05) is 37.0 Å². The minimum atomic E-state index is -0.248. The minimum Gasteiger partial charge on any atom is -0.381 e. The Morgan fingerprint density at radius 2 is 1.83 bits per heavy atom. The molecule has 0 spiro atoms. The van der Waals surface area contributed by atoms with Crippen LogP contribution in [-0.4, -0.2) is 48.1 Å². The first-order chi connectivity index (χ1) is 11.1. The summed E-state index contributed by atoms with van der Waals surface area (Å²) in [6, 6.07) is 6.35. The van der Waals surface area contributed by atoms with Crippen LogP contribution in [0.4, 0.5) is 22.0 Å². The normalized spacial score (nSPS) is 15.9. The van der Waals surface area contributed by atoms with Crippen LogP contribution in [0, 0.1) is 5.82 Å². The summed E-state index contributed by atoms with van der Waals surface area (Å²) >= 11 is 0. The van der Waals surface area contributed by atoms with Gasteiger partial charge in [0.2, 0.25) is 11.9 Å². The van der Waals surface area contributed by atoms with E-state index in [2.05, 4.69) is 15.1 Å². The molecule has 0 N–H and O–H groups in total. The van der Waals surface area contributed by atoms with Gasteiger partial charge in [-0.15, -0.1) is 10.2 Å². The molecule has 1 aromatic carbocycles. The lowest BCUT2D eigenvalue weighted by Crippen LogP contribution is -2.38. The molecule has 6 nitrogen and oxygen atoms in total. The van der Waals surface area contributed by atoms with Crippen LogP contribution in [0.5, 0.6) is 0 Å². The lowest BCUT2D eigenvalue weighted by Gasteiger charge is -2.31. The third-order valence-electron chi connectivity index (χ3n) is 4.40. The highest BCUT2D eigenvalue weighted by atomic mass is 19.1. The van der Waals surface area contributed by atoms with E-state index in [1.807, 2.05) is 23.6 Å². The van der Waals surface area contributed by atoms with Crippen molar-refractivity contribution in [3.8, 4) is 0 Å². The Hall–Kier alpha value is -2.15. The molecule has 2 heterocycles. The maximum atomic E-state index is 13.1. The molecule has 2 aromatic rings. The Balaban J connectivity index is 1.78. The predicted octanol–water partition coefficient (Wildman–Crippen LogP) is 2.34. The van der Waals surface area contributed by atoms with E-state index in [0.717, 1.165) is 43.5 Å². The molecule has 0 bridgehead atoms. The maximum absolute atomic E-state index is 13.1. The van der Waals surface area contributed by atoms with E-state index in [1.54, 1.807) is 19.2 Å². The monoisotopic (exact) mass is 319 g/mol. The molecule has 0 aliphatic carbocycles. The number of piperidine rings is 1. The van der Waals surface area contributed by atoms with E-state index in [1.165, 1.54) is 12.1 Å². The van der Waals surface area contributed by atoms with Crippen LogP contribution in [0.15, 0.2) is 24.3 Å². The lowest BCUT2D eigenvalue weighted by molar-refractivity contribution is 0.0815. The standard InChI is InChI=1S/C16H22FN5O/c1-20(13-6-4-12(17)5-7-13)15-18-19-16(21(15)2)22-10-8-14(23-3)9-11-22/h4-7,14H,8-11H2,1-3H3. The second kappa shape index (κ2) is 6.54. The van der Waals surface area contributed by atoms with Crippen LogP contribution in [-0.2, 0) is 11.8 Å². The highest BCUT2D eigenvalue weighted by Gasteiger charge is 2.24. The zero-order valence-corrected chi connectivity index (χ0v) is 13.7. The van der Waals surface area contributed by atoms with Gasteiger partial charge in [0.15, 0.2) is 0 Å². The van der Waals surface area contributed by atoms with Gasteiger partial charge >= 0.3 is 0 Å². The summed E-state index contributed by atoms with van der Waals surface area (Å²) in [6.45, 7) is 1.81. The fraction of sp³-hybridized carbons (Fsp3) is 0.500. The number of rotatable bonds is 4. The van der Waals surface area contributed by atoms with Crippen molar-refractivity contribution in [3.63, 3.8) is 0 Å². The molecule has 3 rings (SSSR count). The van der Waals surface area contributed by atoms with Crippen LogP contribution >= 0.6 is 0 Å². The zero-order valence-electron chi connectivity index (χ0n) is 13.7. The second-order valence-corrected chi connectivity index (χ2v) is 5.82. The molecule has 1 aromatic heterocycles. The third kappa shape index (κ3) is 3.14. The second-order valence-electron chi connectivity index (χ2n) is 5.82. The van der Waals surface area contributed by atoms with Crippen LogP contribution in [0.2, 0.25) is 0 Å². The molecule has 0 atom stereocenters. The van der Waals surface area contributed by atoms with Crippen LogP contribution in [0.25, 0.3) is 0 Å². The predicted molar refractivity (Wildman–Crippen MR) is 87.7 cm³/mol. The molecule has 1 aliphatic heterocycles. The SMILES string of the molecule is COC1CCN(c2nnc(N(C)c3ccc(F)cc3)n2C)CC1. The summed E-state index contributed by atoms with van der Waals surface area (Å²) < 4.78 is 20.4. The minimum absolute atomic E-state index is 0.248. The van der Waals surface area contributed by atoms with E-state index in [0.29, 0.717) is 6.10 Å². The molecule has 0 saturated carbocycles. The summed E-state index contributed by atoms with van der Waals surface area (Å²) in [5.74, 6) is 1.32. The van der Waals surface area contributed by atoms with Gasteiger partial charge in [-0.2, -0.15) is 0 Å². The fourth-order valence-corrected chi connectivity index (χ4v) is 2.95. The number of hydrogen-bond donors (Lipinski definition) is 0. The van der Waals surface area contributed by atoms with Gasteiger partial charge in [0, 0.05) is 40.0 Å². The van der Waals surface area contributed by atoms with E-state index < -0.39 is 0 Å². The Bertz CT molecular complexity index is 649. The van der Waals surface area contributed by atoms with Gasteiger partial charge in [-0.25, -0.2) is 4.39 Å². The Morgan fingerprint density at radius 1 is 1.17 bits per heavy atom. The average molecular weight is 319 g/mol. The smallest absolute Gasteiger partial charge is 0.232 e. The average Bonchev–Trinajstić information content (AvgIpc) is 2.96. The Kier molecular flexibility index (Phi) is 4.47. The number of benzene rings is 1. The van der Waals surface area contributed by atoms with Crippen molar-refractivity contribution in [2.24, 2.45) is 7.05 Å².